The second-order valence-electron chi connectivity index (χ2n) is 8.30. The highest BCUT2D eigenvalue weighted by Gasteiger charge is 2.40. The van der Waals surface area contributed by atoms with Crippen molar-refractivity contribution in [2.45, 2.75) is 33.3 Å². The number of pyridine rings is 2. The summed E-state index contributed by atoms with van der Waals surface area (Å²) in [6.07, 6.45) is -0.985. The molecule has 3 heterocycles. The zero-order valence-corrected chi connectivity index (χ0v) is 20.9. The van der Waals surface area contributed by atoms with Gasteiger partial charge in [0.25, 0.3) is 5.91 Å². The molecule has 0 fully saturated rings. The first-order valence-corrected chi connectivity index (χ1v) is 12.5. The summed E-state index contributed by atoms with van der Waals surface area (Å²) in [6, 6.07) is 8.50. The lowest BCUT2D eigenvalue weighted by molar-refractivity contribution is 0.0979. The van der Waals surface area contributed by atoms with Gasteiger partial charge in [0.05, 0.1) is 33.4 Å². The topological polar surface area (TPSA) is 145 Å². The molecule has 3 N–H and O–H groups in total. The number of carbonyl (C=O) groups excluding carboxylic acids is 2. The number of hydrogen-bond donors (Lipinski definition) is 2. The lowest BCUT2D eigenvalue weighted by Gasteiger charge is -2.32. The maximum atomic E-state index is 14.6. The SMILES string of the molecule is Cc1cc(COC(N)=O)nc(C(C)C)c1N1c2nc(-c3ccccc3F)c(Cl)cc2C(=O)NS1(=O)=O. The number of ether oxygens (including phenoxy) is 1. The number of aryl methyl sites for hydroxylation is 1. The van der Waals surface area contributed by atoms with E-state index < -0.39 is 28.0 Å². The van der Waals surface area contributed by atoms with Crippen LogP contribution in [0, 0.1) is 12.7 Å². The molecule has 1 aliphatic rings. The minimum absolute atomic E-state index is 0.0338. The number of fused-ring (bicyclic) bond motifs is 1. The van der Waals surface area contributed by atoms with Gasteiger partial charge in [-0.15, -0.1) is 0 Å². The fraction of sp³-hybridized carbons (Fsp3) is 0.217. The molecule has 0 atom stereocenters. The van der Waals surface area contributed by atoms with Crippen molar-refractivity contribution in [3.8, 4) is 11.3 Å². The number of nitrogens with zero attached hydrogens (tertiary/aromatic N) is 3. The lowest BCUT2D eigenvalue weighted by atomic mass is 10.0. The second kappa shape index (κ2) is 9.36. The number of carbonyl (C=O) groups is 2. The molecule has 0 radical (unpaired) electrons. The average molecular weight is 534 g/mol. The third kappa shape index (κ3) is 4.56. The van der Waals surface area contributed by atoms with Crippen molar-refractivity contribution in [3.05, 3.63) is 69.8 Å². The predicted molar refractivity (Wildman–Crippen MR) is 131 cm³/mol. The van der Waals surface area contributed by atoms with Gasteiger partial charge in [-0.25, -0.2) is 23.2 Å². The smallest absolute Gasteiger partial charge is 0.404 e. The molecule has 188 valence electrons. The highest BCUT2D eigenvalue weighted by atomic mass is 35.5. The number of nitrogens with two attached hydrogens (primary N) is 1. The summed E-state index contributed by atoms with van der Waals surface area (Å²) < 4.78 is 48.9. The maximum absolute atomic E-state index is 14.6. The standard InChI is InChI=1S/C23H21ClFN5O5S/c1-11(2)18-20(12(3)8-13(27-18)10-35-23(26)32)30-21-15(22(31)29-36(30,33)34)9-16(24)19(28-21)14-6-4-5-7-17(14)25/h4-9,11H,10H2,1-3H3,(H2,26,32)(H,29,31). The van der Waals surface area contributed by atoms with Crippen LogP contribution in [0.1, 0.15) is 47.1 Å². The van der Waals surface area contributed by atoms with E-state index in [1.165, 1.54) is 30.3 Å². The van der Waals surface area contributed by atoms with Gasteiger partial charge in [0.2, 0.25) is 0 Å². The van der Waals surface area contributed by atoms with Crippen LogP contribution < -0.4 is 14.8 Å². The van der Waals surface area contributed by atoms with Gasteiger partial charge >= 0.3 is 16.3 Å². The summed E-state index contributed by atoms with van der Waals surface area (Å²) >= 11 is 6.35. The Morgan fingerprint density at radius 2 is 1.92 bits per heavy atom. The summed E-state index contributed by atoms with van der Waals surface area (Å²) in [4.78, 5) is 32.6. The van der Waals surface area contributed by atoms with Crippen LogP contribution in [0.25, 0.3) is 11.3 Å². The minimum atomic E-state index is -4.49. The Bertz CT molecular complexity index is 1510. The number of rotatable bonds is 5. The van der Waals surface area contributed by atoms with Crippen molar-refractivity contribution >= 4 is 45.3 Å². The zero-order valence-electron chi connectivity index (χ0n) is 19.4. The predicted octanol–water partition coefficient (Wildman–Crippen LogP) is 4.09. The monoisotopic (exact) mass is 533 g/mol. The average Bonchev–Trinajstić information content (AvgIpc) is 2.78. The van der Waals surface area contributed by atoms with E-state index in [2.05, 4.69) is 9.97 Å². The van der Waals surface area contributed by atoms with Crippen LogP contribution in [-0.4, -0.2) is 30.4 Å². The lowest BCUT2D eigenvalue weighted by Crippen LogP contribution is -2.47. The normalized spacial score (nSPS) is 14.4. The molecule has 2 amide bonds. The molecule has 13 heteroatoms. The largest absolute Gasteiger partial charge is 0.443 e. The number of halogens is 2. The van der Waals surface area contributed by atoms with E-state index in [0.29, 0.717) is 17.0 Å². The van der Waals surface area contributed by atoms with Crippen molar-refractivity contribution in [3.63, 3.8) is 0 Å². The zero-order chi connectivity index (χ0) is 26.4. The number of nitrogens with one attached hydrogen (secondary N) is 1. The highest BCUT2D eigenvalue weighted by Crippen LogP contribution is 2.42. The number of primary amides is 1. The Balaban J connectivity index is 2.00. The van der Waals surface area contributed by atoms with Crippen molar-refractivity contribution in [1.82, 2.24) is 14.7 Å². The van der Waals surface area contributed by atoms with Crippen LogP contribution >= 0.6 is 11.6 Å². The van der Waals surface area contributed by atoms with Crippen LogP contribution in [0.5, 0.6) is 0 Å². The van der Waals surface area contributed by atoms with Gasteiger partial charge in [0.1, 0.15) is 12.4 Å². The highest BCUT2D eigenvalue weighted by molar-refractivity contribution is 7.92. The quantitative estimate of drug-likeness (QED) is 0.502. The molecular formula is C23H21ClFN5O5S. The third-order valence-corrected chi connectivity index (χ3v) is 6.93. The second-order valence-corrected chi connectivity index (χ2v) is 10.2. The van der Waals surface area contributed by atoms with Crippen LogP contribution in [0.2, 0.25) is 5.02 Å². The molecule has 10 nitrogen and oxygen atoms in total. The number of hydrogen-bond acceptors (Lipinski definition) is 7. The van der Waals surface area contributed by atoms with E-state index >= 15 is 0 Å². The van der Waals surface area contributed by atoms with E-state index in [1.807, 2.05) is 4.72 Å². The Labute approximate surface area is 211 Å². The van der Waals surface area contributed by atoms with E-state index in [4.69, 9.17) is 22.1 Å². The van der Waals surface area contributed by atoms with Crippen molar-refractivity contribution in [2.24, 2.45) is 5.73 Å². The van der Waals surface area contributed by atoms with E-state index in [9.17, 15) is 22.4 Å². The Kier molecular flexibility index (Phi) is 6.58. The molecule has 0 aliphatic carbocycles. The molecule has 2 aromatic heterocycles. The summed E-state index contributed by atoms with van der Waals surface area (Å²) in [7, 11) is -4.49. The number of aromatic nitrogens is 2. The first-order chi connectivity index (χ1) is 16.9. The molecule has 4 rings (SSSR count). The fourth-order valence-corrected chi connectivity index (χ4v) is 5.38. The third-order valence-electron chi connectivity index (χ3n) is 5.36. The van der Waals surface area contributed by atoms with Gasteiger partial charge in [-0.2, -0.15) is 8.42 Å². The van der Waals surface area contributed by atoms with Gasteiger partial charge in [-0.05, 0) is 42.7 Å². The van der Waals surface area contributed by atoms with Gasteiger partial charge in [-0.3, -0.25) is 9.78 Å². The van der Waals surface area contributed by atoms with E-state index in [1.54, 1.807) is 26.8 Å². The summed E-state index contributed by atoms with van der Waals surface area (Å²) in [5, 5.41) is -0.0360. The number of amides is 2. The van der Waals surface area contributed by atoms with Crippen molar-refractivity contribution in [1.29, 1.82) is 0 Å². The Morgan fingerprint density at radius 1 is 1.22 bits per heavy atom. The van der Waals surface area contributed by atoms with Crippen LogP contribution in [0.3, 0.4) is 0 Å². The molecule has 0 saturated heterocycles. The van der Waals surface area contributed by atoms with E-state index in [-0.39, 0.29) is 45.9 Å². The summed E-state index contributed by atoms with van der Waals surface area (Å²) in [6.45, 7) is 5.00. The summed E-state index contributed by atoms with van der Waals surface area (Å²) in [5.74, 6) is -2.11. The van der Waals surface area contributed by atoms with E-state index in [0.717, 1.165) is 4.31 Å². The number of benzene rings is 1. The molecule has 36 heavy (non-hydrogen) atoms. The van der Waals surface area contributed by atoms with Gasteiger partial charge < -0.3 is 10.5 Å². The molecule has 0 unspecified atom stereocenters. The molecule has 1 aromatic carbocycles. The van der Waals surface area contributed by atoms with Crippen LogP contribution in [-0.2, 0) is 21.6 Å². The molecule has 0 spiro atoms. The van der Waals surface area contributed by atoms with Crippen LogP contribution in [0.4, 0.5) is 20.7 Å². The maximum Gasteiger partial charge on any atom is 0.404 e. The molecule has 1 aliphatic heterocycles. The summed E-state index contributed by atoms with van der Waals surface area (Å²) in [5.41, 5.74) is 6.17. The van der Waals surface area contributed by atoms with Crippen LogP contribution in [0.15, 0.2) is 36.4 Å². The fourth-order valence-electron chi connectivity index (χ4n) is 3.85. The molecule has 0 bridgehead atoms. The molecule has 3 aromatic rings. The van der Waals surface area contributed by atoms with Gasteiger partial charge in [-0.1, -0.05) is 37.6 Å². The number of anilines is 2. The first-order valence-electron chi connectivity index (χ1n) is 10.7. The Hall–Kier alpha value is -3.77. The minimum Gasteiger partial charge on any atom is -0.443 e. The van der Waals surface area contributed by atoms with Crippen molar-refractivity contribution < 1.29 is 27.1 Å². The first kappa shape index (κ1) is 25.3. The Morgan fingerprint density at radius 3 is 2.56 bits per heavy atom. The molecule has 0 saturated carbocycles. The molecular weight excluding hydrogens is 513 g/mol. The van der Waals surface area contributed by atoms with Crippen molar-refractivity contribution in [2.75, 3.05) is 4.31 Å². The van der Waals surface area contributed by atoms with Gasteiger partial charge in [0, 0.05) is 5.56 Å². The van der Waals surface area contributed by atoms with Gasteiger partial charge in [0.15, 0.2) is 5.82 Å².